The molecule has 0 radical (unpaired) electrons. The first kappa shape index (κ1) is 15.9. The van der Waals surface area contributed by atoms with Crippen molar-refractivity contribution < 1.29 is 14.3 Å². The Morgan fingerprint density at radius 2 is 2.52 bits per heavy atom. The van der Waals surface area contributed by atoms with E-state index >= 15 is 0 Å². The van der Waals surface area contributed by atoms with E-state index in [-0.39, 0.29) is 12.6 Å². The minimum Gasteiger partial charge on any atom is -0.468 e. The van der Waals surface area contributed by atoms with Crippen molar-refractivity contribution in [2.24, 2.45) is 0 Å². The molecule has 0 saturated carbocycles. The van der Waals surface area contributed by atoms with Gasteiger partial charge in [-0.3, -0.25) is 9.59 Å². The fraction of sp³-hybridized carbons (Fsp3) is 0.583. The van der Waals surface area contributed by atoms with Crippen LogP contribution < -0.4 is 16.2 Å². The maximum atomic E-state index is 12.1. The topological polar surface area (TPSA) is 94.5 Å². The molecule has 0 aliphatic carbocycles. The van der Waals surface area contributed by atoms with E-state index in [0.29, 0.717) is 23.3 Å². The van der Waals surface area contributed by atoms with Crippen LogP contribution in [-0.4, -0.2) is 55.2 Å². The summed E-state index contributed by atoms with van der Waals surface area (Å²) in [5.41, 5.74) is 0.170. The lowest BCUT2D eigenvalue weighted by atomic mass is 10.3. The summed E-state index contributed by atoms with van der Waals surface area (Å²) in [6.45, 7) is 2.63. The molecular weight excluding hydrogens is 344 g/mol. The number of nitrogens with one attached hydrogen (secondary N) is 2. The lowest BCUT2D eigenvalue weighted by Crippen LogP contribution is -2.42. The average Bonchev–Trinajstić information content (AvgIpc) is 2.52. The van der Waals surface area contributed by atoms with Gasteiger partial charge in [0.25, 0.3) is 5.56 Å². The van der Waals surface area contributed by atoms with Gasteiger partial charge in [-0.2, -0.15) is 5.10 Å². The number of aromatic nitrogens is 2. The highest BCUT2D eigenvalue weighted by atomic mass is 79.9. The highest BCUT2D eigenvalue weighted by Crippen LogP contribution is 2.16. The van der Waals surface area contributed by atoms with Crippen LogP contribution in [0.1, 0.15) is 0 Å². The minimum atomic E-state index is -0.529. The molecule has 1 aliphatic heterocycles. The number of halogens is 1. The fourth-order valence-corrected chi connectivity index (χ4v) is 2.31. The molecule has 2 heterocycles. The fourth-order valence-electron chi connectivity index (χ4n) is 1.86. The van der Waals surface area contributed by atoms with Crippen molar-refractivity contribution in [2.75, 3.05) is 38.7 Å². The van der Waals surface area contributed by atoms with Crippen LogP contribution in [0.5, 0.6) is 0 Å². The van der Waals surface area contributed by atoms with E-state index in [9.17, 15) is 9.59 Å². The van der Waals surface area contributed by atoms with Crippen LogP contribution in [0.25, 0.3) is 0 Å². The second-order valence-corrected chi connectivity index (χ2v) is 5.28. The van der Waals surface area contributed by atoms with E-state index < -0.39 is 11.5 Å². The molecule has 0 amide bonds. The molecule has 8 nitrogen and oxygen atoms in total. The zero-order valence-electron chi connectivity index (χ0n) is 11.6. The average molecular weight is 361 g/mol. The monoisotopic (exact) mass is 360 g/mol. The lowest BCUT2D eigenvalue weighted by molar-refractivity contribution is -0.141. The molecule has 0 aromatic carbocycles. The van der Waals surface area contributed by atoms with Gasteiger partial charge < -0.3 is 20.1 Å². The van der Waals surface area contributed by atoms with E-state index in [1.54, 1.807) is 0 Å². The van der Waals surface area contributed by atoms with Gasteiger partial charge in [-0.15, -0.1) is 0 Å². The molecule has 2 N–H and O–H groups in total. The van der Waals surface area contributed by atoms with Crippen LogP contribution in [0.15, 0.2) is 15.5 Å². The first-order chi connectivity index (χ1) is 10.1. The van der Waals surface area contributed by atoms with Crippen LogP contribution in [0.4, 0.5) is 5.69 Å². The van der Waals surface area contributed by atoms with Crippen LogP contribution in [0, 0.1) is 0 Å². The summed E-state index contributed by atoms with van der Waals surface area (Å²) < 4.78 is 11.4. The van der Waals surface area contributed by atoms with Crippen LogP contribution in [0.3, 0.4) is 0 Å². The largest absolute Gasteiger partial charge is 0.468 e. The summed E-state index contributed by atoms with van der Waals surface area (Å²) in [4.78, 5) is 23.2. The number of carbonyl (C=O) groups is 1. The summed E-state index contributed by atoms with van der Waals surface area (Å²) in [7, 11) is 1.26. The van der Waals surface area contributed by atoms with Gasteiger partial charge in [0, 0.05) is 19.6 Å². The van der Waals surface area contributed by atoms with Crippen molar-refractivity contribution in [1.82, 2.24) is 15.1 Å². The van der Waals surface area contributed by atoms with Gasteiger partial charge in [-0.05, 0) is 15.9 Å². The standard InChI is InChI=1S/C12H17BrN4O4/c1-20-10(18)7-17-12(19)11(13)9(6-16-17)15-5-8-4-14-2-3-21-8/h6,8,14-15H,2-5,7H2,1H3. The Hall–Kier alpha value is -1.45. The first-order valence-electron chi connectivity index (χ1n) is 6.50. The minimum absolute atomic E-state index is 0.0446. The molecule has 1 aromatic heterocycles. The molecule has 9 heteroatoms. The Labute approximate surface area is 129 Å². The van der Waals surface area contributed by atoms with E-state index in [1.165, 1.54) is 13.3 Å². The second kappa shape index (κ2) is 7.53. The van der Waals surface area contributed by atoms with Gasteiger partial charge in [0.15, 0.2) is 0 Å². The number of nitrogens with zero attached hydrogens (tertiary/aromatic N) is 2. The number of carbonyl (C=O) groups excluding carboxylic acids is 1. The number of hydrogen-bond donors (Lipinski definition) is 2. The number of esters is 1. The summed E-state index contributed by atoms with van der Waals surface area (Å²) in [6, 6.07) is 0. The van der Waals surface area contributed by atoms with Gasteiger partial charge in [0.1, 0.15) is 11.0 Å². The summed E-state index contributed by atoms with van der Waals surface area (Å²) in [5.74, 6) is -0.529. The zero-order chi connectivity index (χ0) is 15.2. The molecule has 1 unspecified atom stereocenters. The lowest BCUT2D eigenvalue weighted by Gasteiger charge is -2.24. The SMILES string of the molecule is COC(=O)Cn1ncc(NCC2CNCCO2)c(Br)c1=O. The van der Waals surface area contributed by atoms with Crippen molar-refractivity contribution in [3.05, 3.63) is 21.0 Å². The zero-order valence-corrected chi connectivity index (χ0v) is 13.2. The molecular formula is C12H17BrN4O4. The maximum absolute atomic E-state index is 12.1. The number of methoxy groups -OCH3 is 1. The van der Waals surface area contributed by atoms with Gasteiger partial charge in [0.05, 0.1) is 31.7 Å². The first-order valence-corrected chi connectivity index (χ1v) is 7.29. The Kier molecular flexibility index (Phi) is 5.71. The molecule has 1 aliphatic rings. The van der Waals surface area contributed by atoms with Crippen LogP contribution in [-0.2, 0) is 20.8 Å². The van der Waals surface area contributed by atoms with E-state index in [1.807, 2.05) is 0 Å². The van der Waals surface area contributed by atoms with Gasteiger partial charge in [0.2, 0.25) is 0 Å². The van der Waals surface area contributed by atoms with Crippen LogP contribution in [0.2, 0.25) is 0 Å². The maximum Gasteiger partial charge on any atom is 0.327 e. The van der Waals surface area contributed by atoms with E-state index in [0.717, 1.165) is 17.8 Å². The van der Waals surface area contributed by atoms with Gasteiger partial charge >= 0.3 is 5.97 Å². The quantitative estimate of drug-likeness (QED) is 0.688. The number of morpholine rings is 1. The van der Waals surface area contributed by atoms with Crippen molar-refractivity contribution in [2.45, 2.75) is 12.6 Å². The highest BCUT2D eigenvalue weighted by molar-refractivity contribution is 9.10. The predicted molar refractivity (Wildman–Crippen MR) is 79.3 cm³/mol. The Bertz CT molecular complexity index is 557. The molecule has 2 rings (SSSR count). The molecule has 0 bridgehead atoms. The predicted octanol–water partition coefficient (Wildman–Crippen LogP) is -0.421. The third-order valence-electron chi connectivity index (χ3n) is 3.02. The van der Waals surface area contributed by atoms with Crippen LogP contribution >= 0.6 is 15.9 Å². The molecule has 1 aromatic rings. The molecule has 21 heavy (non-hydrogen) atoms. The molecule has 0 spiro atoms. The number of ether oxygens (including phenoxy) is 2. The molecule has 1 saturated heterocycles. The highest BCUT2D eigenvalue weighted by Gasteiger charge is 2.15. The van der Waals surface area contributed by atoms with Crippen molar-refractivity contribution in [3.8, 4) is 0 Å². The molecule has 116 valence electrons. The van der Waals surface area contributed by atoms with Crippen molar-refractivity contribution >= 4 is 27.6 Å². The number of anilines is 1. The normalized spacial score (nSPS) is 18.3. The third-order valence-corrected chi connectivity index (χ3v) is 3.78. The summed E-state index contributed by atoms with van der Waals surface area (Å²) >= 11 is 3.22. The molecule has 1 atom stereocenters. The van der Waals surface area contributed by atoms with Gasteiger partial charge in [-0.25, -0.2) is 4.68 Å². The number of rotatable bonds is 5. The smallest absolute Gasteiger partial charge is 0.327 e. The summed E-state index contributed by atoms with van der Waals surface area (Å²) in [5, 5.41) is 10.3. The van der Waals surface area contributed by atoms with E-state index in [2.05, 4.69) is 36.4 Å². The van der Waals surface area contributed by atoms with Crippen molar-refractivity contribution in [1.29, 1.82) is 0 Å². The van der Waals surface area contributed by atoms with Crippen molar-refractivity contribution in [3.63, 3.8) is 0 Å². The third kappa shape index (κ3) is 4.26. The number of hydrogen-bond acceptors (Lipinski definition) is 7. The summed E-state index contributed by atoms with van der Waals surface area (Å²) in [6.07, 6.45) is 1.54. The molecule has 1 fully saturated rings. The Balaban J connectivity index is 2.02. The Morgan fingerprint density at radius 3 is 3.19 bits per heavy atom. The van der Waals surface area contributed by atoms with Gasteiger partial charge in [-0.1, -0.05) is 0 Å². The Morgan fingerprint density at radius 1 is 1.71 bits per heavy atom. The second-order valence-electron chi connectivity index (χ2n) is 4.49. The van der Waals surface area contributed by atoms with E-state index in [4.69, 9.17) is 4.74 Å².